The molecular weight excluding hydrogens is 288 g/mol. The number of primary amides is 1. The molecule has 0 aliphatic heterocycles. The topological polar surface area (TPSA) is 81.4 Å². The summed E-state index contributed by atoms with van der Waals surface area (Å²) in [6, 6.07) is 8.93. The second-order valence-electron chi connectivity index (χ2n) is 4.54. The molecule has 0 atom stereocenters. The largest absolute Gasteiger partial charge is 0.497 e. The van der Waals surface area contributed by atoms with Crippen molar-refractivity contribution >= 4 is 28.2 Å². The van der Waals surface area contributed by atoms with Crippen LogP contribution in [0.5, 0.6) is 5.75 Å². The quantitative estimate of drug-likeness (QED) is 0.889. The molecule has 2 rings (SSSR count). The molecule has 2 aromatic rings. The maximum absolute atomic E-state index is 12.0. The average molecular weight is 304 g/mol. The van der Waals surface area contributed by atoms with Crippen molar-refractivity contribution in [3.05, 3.63) is 46.3 Å². The van der Waals surface area contributed by atoms with Crippen LogP contribution in [0.25, 0.3) is 0 Å². The van der Waals surface area contributed by atoms with Crippen LogP contribution < -0.4 is 15.8 Å². The molecule has 1 heterocycles. The van der Waals surface area contributed by atoms with Crippen LogP contribution in [0.3, 0.4) is 0 Å². The van der Waals surface area contributed by atoms with E-state index in [1.807, 2.05) is 19.1 Å². The van der Waals surface area contributed by atoms with Crippen LogP contribution in [-0.4, -0.2) is 18.9 Å². The third-order valence-corrected chi connectivity index (χ3v) is 3.86. The van der Waals surface area contributed by atoms with Gasteiger partial charge in [-0.15, -0.1) is 11.3 Å². The lowest BCUT2D eigenvalue weighted by atomic mass is 10.1. The van der Waals surface area contributed by atoms with Crippen LogP contribution in [-0.2, 0) is 11.2 Å². The number of hydrogen-bond acceptors (Lipinski definition) is 4. The zero-order valence-corrected chi connectivity index (χ0v) is 12.6. The maximum Gasteiger partial charge on any atom is 0.251 e. The van der Waals surface area contributed by atoms with E-state index in [1.165, 1.54) is 11.3 Å². The fraction of sp³-hybridized carbons (Fsp3) is 0.200. The number of carbonyl (C=O) groups excluding carboxylic acids is 2. The molecule has 0 aliphatic rings. The first-order chi connectivity index (χ1) is 9.99. The van der Waals surface area contributed by atoms with Crippen molar-refractivity contribution in [3.8, 4) is 5.75 Å². The van der Waals surface area contributed by atoms with Gasteiger partial charge in [-0.3, -0.25) is 9.59 Å². The number of thiophene rings is 1. The Hall–Kier alpha value is -2.34. The monoisotopic (exact) mass is 304 g/mol. The minimum atomic E-state index is -0.543. The van der Waals surface area contributed by atoms with Crippen molar-refractivity contribution in [1.29, 1.82) is 0 Å². The van der Waals surface area contributed by atoms with E-state index < -0.39 is 5.91 Å². The first kappa shape index (κ1) is 15.1. The Morgan fingerprint density at radius 3 is 2.52 bits per heavy atom. The fourth-order valence-electron chi connectivity index (χ4n) is 1.89. The lowest BCUT2D eigenvalue weighted by Crippen LogP contribution is -2.17. The van der Waals surface area contributed by atoms with Crippen molar-refractivity contribution in [2.24, 2.45) is 5.73 Å². The zero-order chi connectivity index (χ0) is 15.4. The van der Waals surface area contributed by atoms with Gasteiger partial charge in [0.2, 0.25) is 5.91 Å². The first-order valence-corrected chi connectivity index (χ1v) is 7.14. The number of carbonyl (C=O) groups is 2. The molecular formula is C15H16N2O3S. The van der Waals surface area contributed by atoms with E-state index in [9.17, 15) is 9.59 Å². The van der Waals surface area contributed by atoms with E-state index in [4.69, 9.17) is 10.5 Å². The summed E-state index contributed by atoms with van der Waals surface area (Å²) < 4.78 is 5.06. The van der Waals surface area contributed by atoms with Crippen LogP contribution >= 0.6 is 11.3 Å². The first-order valence-electron chi connectivity index (χ1n) is 6.32. The zero-order valence-electron chi connectivity index (χ0n) is 11.8. The summed E-state index contributed by atoms with van der Waals surface area (Å²) in [4.78, 5) is 24.3. The third-order valence-electron chi connectivity index (χ3n) is 2.90. The Balaban J connectivity index is 2.06. The number of nitrogens with one attached hydrogen (secondary N) is 1. The minimum Gasteiger partial charge on any atom is -0.497 e. The van der Waals surface area contributed by atoms with Gasteiger partial charge in [0.05, 0.1) is 19.1 Å². The van der Waals surface area contributed by atoms with Crippen molar-refractivity contribution in [2.45, 2.75) is 13.3 Å². The van der Waals surface area contributed by atoms with Gasteiger partial charge < -0.3 is 15.8 Å². The Morgan fingerprint density at radius 2 is 1.95 bits per heavy atom. The van der Waals surface area contributed by atoms with Gasteiger partial charge in [0, 0.05) is 4.88 Å². The minimum absolute atomic E-state index is 0.190. The molecule has 1 aromatic heterocycles. The van der Waals surface area contributed by atoms with Crippen LogP contribution in [0.1, 0.15) is 20.8 Å². The molecule has 2 amide bonds. The molecule has 0 unspecified atom stereocenters. The number of nitrogens with two attached hydrogens (primary N) is 1. The molecule has 0 fully saturated rings. The highest BCUT2D eigenvalue weighted by atomic mass is 32.1. The van der Waals surface area contributed by atoms with Gasteiger partial charge in [0.1, 0.15) is 10.8 Å². The SMILES string of the molecule is COc1ccc(CC(=O)Nc2sc(C)cc2C(N)=O)cc1. The van der Waals surface area contributed by atoms with Gasteiger partial charge in [-0.2, -0.15) is 0 Å². The van der Waals surface area contributed by atoms with Crippen LogP contribution in [0.2, 0.25) is 0 Å². The second-order valence-corrected chi connectivity index (χ2v) is 5.79. The predicted molar refractivity (Wildman–Crippen MR) is 82.9 cm³/mol. The fourth-order valence-corrected chi connectivity index (χ4v) is 2.82. The standard InChI is InChI=1S/C15H16N2O3S/c1-9-7-12(14(16)19)15(21-9)17-13(18)8-10-3-5-11(20-2)6-4-10/h3-7H,8H2,1-2H3,(H2,16,19)(H,17,18). The summed E-state index contributed by atoms with van der Waals surface area (Å²) >= 11 is 1.33. The van der Waals surface area contributed by atoms with Gasteiger partial charge in [0.15, 0.2) is 0 Å². The van der Waals surface area contributed by atoms with Crippen molar-refractivity contribution in [2.75, 3.05) is 12.4 Å². The molecule has 0 bridgehead atoms. The van der Waals surface area contributed by atoms with E-state index in [2.05, 4.69) is 5.32 Å². The number of amides is 2. The number of benzene rings is 1. The number of anilines is 1. The maximum atomic E-state index is 12.0. The van der Waals surface area contributed by atoms with Gasteiger partial charge in [-0.05, 0) is 30.7 Å². The highest BCUT2D eigenvalue weighted by Gasteiger charge is 2.14. The Bertz CT molecular complexity index is 662. The van der Waals surface area contributed by atoms with Crippen LogP contribution in [0.4, 0.5) is 5.00 Å². The Morgan fingerprint density at radius 1 is 1.29 bits per heavy atom. The molecule has 0 radical (unpaired) electrons. The second kappa shape index (κ2) is 6.41. The summed E-state index contributed by atoms with van der Waals surface area (Å²) in [6.45, 7) is 1.86. The highest BCUT2D eigenvalue weighted by Crippen LogP contribution is 2.27. The predicted octanol–water partition coefficient (Wildman–Crippen LogP) is 2.35. The smallest absolute Gasteiger partial charge is 0.251 e. The highest BCUT2D eigenvalue weighted by molar-refractivity contribution is 7.16. The van der Waals surface area contributed by atoms with E-state index in [-0.39, 0.29) is 12.3 Å². The summed E-state index contributed by atoms with van der Waals surface area (Å²) in [5.74, 6) is 0.00710. The van der Waals surface area contributed by atoms with E-state index in [0.29, 0.717) is 10.6 Å². The van der Waals surface area contributed by atoms with Crippen molar-refractivity contribution in [1.82, 2.24) is 0 Å². The van der Waals surface area contributed by atoms with Crippen molar-refractivity contribution in [3.63, 3.8) is 0 Å². The number of ether oxygens (including phenoxy) is 1. The third kappa shape index (κ3) is 3.82. The number of aryl methyl sites for hydroxylation is 1. The van der Waals surface area contributed by atoms with Crippen LogP contribution in [0.15, 0.2) is 30.3 Å². The Kier molecular flexibility index (Phi) is 4.59. The lowest BCUT2D eigenvalue weighted by Gasteiger charge is -2.05. The van der Waals surface area contributed by atoms with Gasteiger partial charge >= 0.3 is 0 Å². The summed E-state index contributed by atoms with van der Waals surface area (Å²) in [7, 11) is 1.59. The van der Waals surface area contributed by atoms with E-state index >= 15 is 0 Å². The molecule has 0 saturated heterocycles. The summed E-state index contributed by atoms with van der Waals surface area (Å²) in [5.41, 5.74) is 6.50. The molecule has 110 valence electrons. The summed E-state index contributed by atoms with van der Waals surface area (Å²) in [5, 5.41) is 3.24. The lowest BCUT2D eigenvalue weighted by molar-refractivity contribution is -0.115. The molecule has 3 N–H and O–H groups in total. The Labute approximate surface area is 126 Å². The molecule has 21 heavy (non-hydrogen) atoms. The van der Waals surface area contributed by atoms with Crippen LogP contribution in [0, 0.1) is 6.92 Å². The average Bonchev–Trinajstić information content (AvgIpc) is 2.80. The van der Waals surface area contributed by atoms with Crippen molar-refractivity contribution < 1.29 is 14.3 Å². The normalized spacial score (nSPS) is 10.2. The van der Waals surface area contributed by atoms with E-state index in [1.54, 1.807) is 25.3 Å². The van der Waals surface area contributed by atoms with Gasteiger partial charge in [0.25, 0.3) is 5.91 Å². The molecule has 0 spiro atoms. The molecule has 1 aromatic carbocycles. The van der Waals surface area contributed by atoms with Gasteiger partial charge in [-0.25, -0.2) is 0 Å². The molecule has 0 aliphatic carbocycles. The number of hydrogen-bond donors (Lipinski definition) is 2. The molecule has 5 nitrogen and oxygen atoms in total. The molecule has 6 heteroatoms. The summed E-state index contributed by atoms with van der Waals surface area (Å²) in [6.07, 6.45) is 0.221. The van der Waals surface area contributed by atoms with Gasteiger partial charge in [-0.1, -0.05) is 12.1 Å². The number of methoxy groups -OCH3 is 1. The molecule has 0 saturated carbocycles. The van der Waals surface area contributed by atoms with E-state index in [0.717, 1.165) is 16.2 Å². The number of rotatable bonds is 5.